The van der Waals surface area contributed by atoms with Crippen LogP contribution in [-0.2, 0) is 4.79 Å². The third kappa shape index (κ3) is 3.48. The molecular formula is C18H14ClN3O2S. The molecule has 5 nitrogen and oxygen atoms in total. The Balaban J connectivity index is 1.93. The highest BCUT2D eigenvalue weighted by Crippen LogP contribution is 2.33. The molecule has 2 aromatic carbocycles. The van der Waals surface area contributed by atoms with E-state index < -0.39 is 0 Å². The number of hydrogen-bond donors (Lipinski definition) is 1. The number of benzene rings is 2. The number of anilines is 2. The van der Waals surface area contributed by atoms with E-state index in [0.717, 1.165) is 4.90 Å². The SMILES string of the molecule is CCN(C(=O)c1ccc2c(c1)NC(=O)CS2)c1ccc(C#N)c(Cl)c1. The lowest BCUT2D eigenvalue weighted by Crippen LogP contribution is -2.31. The van der Waals surface area contributed by atoms with Gasteiger partial charge in [0.15, 0.2) is 0 Å². The van der Waals surface area contributed by atoms with Crippen LogP contribution >= 0.6 is 23.4 Å². The zero-order valence-electron chi connectivity index (χ0n) is 13.4. The first-order valence-corrected chi connectivity index (χ1v) is 8.98. The van der Waals surface area contributed by atoms with E-state index in [9.17, 15) is 9.59 Å². The van der Waals surface area contributed by atoms with Crippen molar-refractivity contribution in [2.45, 2.75) is 11.8 Å². The Hall–Kier alpha value is -2.49. The lowest BCUT2D eigenvalue weighted by atomic mass is 10.1. The molecule has 0 aromatic heterocycles. The van der Waals surface area contributed by atoms with Crippen LogP contribution in [0.25, 0.3) is 0 Å². The van der Waals surface area contributed by atoms with Gasteiger partial charge in [0.25, 0.3) is 5.91 Å². The Labute approximate surface area is 154 Å². The number of amides is 2. The van der Waals surface area contributed by atoms with E-state index in [4.69, 9.17) is 16.9 Å². The number of rotatable bonds is 3. The molecular weight excluding hydrogens is 358 g/mol. The monoisotopic (exact) mass is 371 g/mol. The van der Waals surface area contributed by atoms with E-state index in [2.05, 4.69) is 5.32 Å². The minimum atomic E-state index is -0.198. The van der Waals surface area contributed by atoms with Gasteiger partial charge < -0.3 is 10.2 Å². The summed E-state index contributed by atoms with van der Waals surface area (Å²) in [5.74, 6) is 0.106. The van der Waals surface area contributed by atoms with Crippen LogP contribution in [-0.4, -0.2) is 24.1 Å². The Bertz CT molecular complexity index is 908. The molecule has 7 heteroatoms. The summed E-state index contributed by atoms with van der Waals surface area (Å²) in [5, 5.41) is 12.1. The van der Waals surface area contributed by atoms with Crippen LogP contribution in [0.5, 0.6) is 0 Å². The molecule has 0 bridgehead atoms. The Morgan fingerprint density at radius 3 is 2.84 bits per heavy atom. The highest BCUT2D eigenvalue weighted by molar-refractivity contribution is 8.00. The van der Waals surface area contributed by atoms with Gasteiger partial charge in [0.1, 0.15) is 6.07 Å². The van der Waals surface area contributed by atoms with Gasteiger partial charge in [-0.1, -0.05) is 11.6 Å². The lowest BCUT2D eigenvalue weighted by molar-refractivity contribution is -0.113. The van der Waals surface area contributed by atoms with Gasteiger partial charge in [-0.3, -0.25) is 9.59 Å². The van der Waals surface area contributed by atoms with Gasteiger partial charge in [-0.2, -0.15) is 5.26 Å². The molecule has 0 unspecified atom stereocenters. The molecule has 1 aliphatic rings. The fraction of sp³-hybridized carbons (Fsp3) is 0.167. The van der Waals surface area contributed by atoms with Gasteiger partial charge in [0, 0.05) is 22.7 Å². The highest BCUT2D eigenvalue weighted by atomic mass is 35.5. The van der Waals surface area contributed by atoms with E-state index >= 15 is 0 Å². The maximum atomic E-state index is 12.9. The van der Waals surface area contributed by atoms with Crippen molar-refractivity contribution in [3.8, 4) is 6.07 Å². The maximum Gasteiger partial charge on any atom is 0.258 e. The fourth-order valence-electron chi connectivity index (χ4n) is 2.58. The predicted octanol–water partition coefficient (Wildman–Crippen LogP) is 3.92. The summed E-state index contributed by atoms with van der Waals surface area (Å²) in [6, 6.07) is 12.2. The molecule has 1 heterocycles. The van der Waals surface area contributed by atoms with Gasteiger partial charge in [-0.05, 0) is 43.3 Å². The number of thioether (sulfide) groups is 1. The Morgan fingerprint density at radius 1 is 1.36 bits per heavy atom. The smallest absolute Gasteiger partial charge is 0.258 e. The van der Waals surface area contributed by atoms with Crippen molar-refractivity contribution >= 4 is 46.6 Å². The fourth-order valence-corrected chi connectivity index (χ4v) is 3.58. The van der Waals surface area contributed by atoms with Crippen LogP contribution < -0.4 is 10.2 Å². The molecule has 0 spiro atoms. The zero-order chi connectivity index (χ0) is 18.0. The molecule has 1 aliphatic heterocycles. The largest absolute Gasteiger partial charge is 0.324 e. The minimum Gasteiger partial charge on any atom is -0.324 e. The highest BCUT2D eigenvalue weighted by Gasteiger charge is 2.21. The summed E-state index contributed by atoms with van der Waals surface area (Å²) in [4.78, 5) is 27.0. The number of nitriles is 1. The second-order valence-electron chi connectivity index (χ2n) is 5.37. The number of nitrogens with one attached hydrogen (secondary N) is 1. The predicted molar refractivity (Wildman–Crippen MR) is 99.3 cm³/mol. The number of hydrogen-bond acceptors (Lipinski definition) is 4. The number of carbonyl (C=O) groups is 2. The Kier molecular flexibility index (Phi) is 4.98. The van der Waals surface area contributed by atoms with Crippen LogP contribution in [0.15, 0.2) is 41.3 Å². The van der Waals surface area contributed by atoms with Gasteiger partial charge in [0.05, 0.1) is 22.0 Å². The third-order valence-corrected chi connectivity index (χ3v) is 5.19. The second kappa shape index (κ2) is 7.18. The molecule has 2 aromatic rings. The molecule has 2 amide bonds. The molecule has 1 N–H and O–H groups in total. The van der Waals surface area contributed by atoms with Crippen LogP contribution in [0.2, 0.25) is 5.02 Å². The summed E-state index contributed by atoms with van der Waals surface area (Å²) in [7, 11) is 0. The maximum absolute atomic E-state index is 12.9. The number of halogens is 1. The zero-order valence-corrected chi connectivity index (χ0v) is 14.9. The average molecular weight is 372 g/mol. The van der Waals surface area contributed by atoms with Crippen molar-refractivity contribution in [1.82, 2.24) is 0 Å². The number of carbonyl (C=O) groups excluding carboxylic acids is 2. The van der Waals surface area contributed by atoms with Gasteiger partial charge in [-0.15, -0.1) is 11.8 Å². The minimum absolute atomic E-state index is 0.0756. The summed E-state index contributed by atoms with van der Waals surface area (Å²) < 4.78 is 0. The average Bonchev–Trinajstić information content (AvgIpc) is 2.61. The molecule has 0 saturated heterocycles. The molecule has 25 heavy (non-hydrogen) atoms. The standard InChI is InChI=1S/C18H14ClN3O2S/c1-2-22(13-5-3-12(9-20)14(19)8-13)18(24)11-4-6-16-15(7-11)21-17(23)10-25-16/h3-8H,2,10H2,1H3,(H,21,23). The quantitative estimate of drug-likeness (QED) is 0.887. The third-order valence-electron chi connectivity index (χ3n) is 3.81. The van der Waals surface area contributed by atoms with Gasteiger partial charge in [0.2, 0.25) is 5.91 Å². The Morgan fingerprint density at radius 2 is 2.16 bits per heavy atom. The van der Waals surface area contributed by atoms with Crippen molar-refractivity contribution in [2.75, 3.05) is 22.5 Å². The van der Waals surface area contributed by atoms with Crippen molar-refractivity contribution in [3.05, 3.63) is 52.5 Å². The normalized spacial score (nSPS) is 12.8. The van der Waals surface area contributed by atoms with E-state index in [1.807, 2.05) is 19.1 Å². The van der Waals surface area contributed by atoms with E-state index in [1.165, 1.54) is 11.8 Å². The summed E-state index contributed by atoms with van der Waals surface area (Å²) in [6.45, 7) is 2.30. The van der Waals surface area contributed by atoms with Crippen molar-refractivity contribution in [2.24, 2.45) is 0 Å². The molecule has 0 atom stereocenters. The summed E-state index contributed by atoms with van der Waals surface area (Å²) in [6.07, 6.45) is 0. The topological polar surface area (TPSA) is 73.2 Å². The number of nitrogens with zero attached hydrogens (tertiary/aromatic N) is 2. The second-order valence-corrected chi connectivity index (χ2v) is 6.80. The van der Waals surface area contributed by atoms with Gasteiger partial charge >= 0.3 is 0 Å². The van der Waals surface area contributed by atoms with E-state index in [1.54, 1.807) is 35.2 Å². The van der Waals surface area contributed by atoms with Crippen LogP contribution in [0.1, 0.15) is 22.8 Å². The lowest BCUT2D eigenvalue weighted by Gasteiger charge is -2.23. The van der Waals surface area contributed by atoms with Crippen molar-refractivity contribution in [3.63, 3.8) is 0 Å². The van der Waals surface area contributed by atoms with Crippen LogP contribution in [0.4, 0.5) is 11.4 Å². The first-order chi connectivity index (χ1) is 12.0. The van der Waals surface area contributed by atoms with Crippen molar-refractivity contribution in [1.29, 1.82) is 5.26 Å². The van der Waals surface area contributed by atoms with Crippen molar-refractivity contribution < 1.29 is 9.59 Å². The van der Waals surface area contributed by atoms with Crippen LogP contribution in [0.3, 0.4) is 0 Å². The summed E-state index contributed by atoms with van der Waals surface area (Å²) in [5.41, 5.74) is 2.11. The van der Waals surface area contributed by atoms with Gasteiger partial charge in [-0.25, -0.2) is 0 Å². The number of fused-ring (bicyclic) bond motifs is 1. The van der Waals surface area contributed by atoms with Crippen LogP contribution in [0, 0.1) is 11.3 Å². The first-order valence-electron chi connectivity index (χ1n) is 7.61. The molecule has 0 radical (unpaired) electrons. The summed E-state index contributed by atoms with van der Waals surface area (Å²) >= 11 is 7.53. The molecule has 3 rings (SSSR count). The molecule has 0 saturated carbocycles. The van der Waals surface area contributed by atoms with E-state index in [-0.39, 0.29) is 11.8 Å². The molecule has 126 valence electrons. The molecule has 0 fully saturated rings. The van der Waals surface area contributed by atoms with E-state index in [0.29, 0.717) is 39.8 Å². The first kappa shape index (κ1) is 17.3. The molecule has 0 aliphatic carbocycles.